The molecule has 78 valence electrons. The van der Waals surface area contributed by atoms with Crippen LogP contribution in [0.25, 0.3) is 0 Å². The minimum Gasteiger partial charge on any atom is -0.373 e. The SMILES string of the molecule is CNc1cc(N2CCN(C)CC2)n[nH]1. The molecular formula is C9H17N5. The molecule has 2 heterocycles. The predicted octanol–water partition coefficient (Wildman–Crippen LogP) is 0.203. The van der Waals surface area contributed by atoms with Gasteiger partial charge in [0, 0.05) is 39.3 Å². The van der Waals surface area contributed by atoms with Crippen molar-refractivity contribution in [1.29, 1.82) is 0 Å². The van der Waals surface area contributed by atoms with E-state index >= 15 is 0 Å². The fourth-order valence-electron chi connectivity index (χ4n) is 1.64. The minimum atomic E-state index is 0.971. The van der Waals surface area contributed by atoms with Gasteiger partial charge in [0.2, 0.25) is 0 Å². The number of rotatable bonds is 2. The van der Waals surface area contributed by atoms with Gasteiger partial charge in [0.25, 0.3) is 0 Å². The molecule has 0 spiro atoms. The highest BCUT2D eigenvalue weighted by molar-refractivity contribution is 5.49. The molecule has 1 aromatic rings. The molecule has 1 saturated heterocycles. The Kier molecular flexibility index (Phi) is 2.58. The quantitative estimate of drug-likeness (QED) is 0.708. The zero-order valence-electron chi connectivity index (χ0n) is 8.75. The molecule has 0 unspecified atom stereocenters. The lowest BCUT2D eigenvalue weighted by atomic mass is 10.3. The number of anilines is 2. The third kappa shape index (κ3) is 1.82. The number of hydrogen-bond donors (Lipinski definition) is 2. The molecular weight excluding hydrogens is 178 g/mol. The largest absolute Gasteiger partial charge is 0.373 e. The summed E-state index contributed by atoms with van der Waals surface area (Å²) < 4.78 is 0. The van der Waals surface area contributed by atoms with Crippen molar-refractivity contribution >= 4 is 11.6 Å². The number of aromatic amines is 1. The molecule has 2 N–H and O–H groups in total. The summed E-state index contributed by atoms with van der Waals surface area (Å²) in [7, 11) is 4.04. The van der Waals surface area contributed by atoms with Gasteiger partial charge < -0.3 is 15.1 Å². The van der Waals surface area contributed by atoms with Crippen molar-refractivity contribution < 1.29 is 0 Å². The Balaban J connectivity index is 2.01. The summed E-state index contributed by atoms with van der Waals surface area (Å²) in [6, 6.07) is 2.05. The monoisotopic (exact) mass is 195 g/mol. The van der Waals surface area contributed by atoms with Gasteiger partial charge in [0.05, 0.1) is 0 Å². The van der Waals surface area contributed by atoms with Crippen molar-refractivity contribution in [2.45, 2.75) is 0 Å². The third-order valence-electron chi connectivity index (χ3n) is 2.66. The van der Waals surface area contributed by atoms with Crippen LogP contribution in [0.1, 0.15) is 0 Å². The maximum absolute atomic E-state index is 4.26. The number of piperazine rings is 1. The van der Waals surface area contributed by atoms with Crippen LogP contribution in [0.2, 0.25) is 0 Å². The predicted molar refractivity (Wildman–Crippen MR) is 57.8 cm³/mol. The molecule has 0 amide bonds. The van der Waals surface area contributed by atoms with Crippen molar-refractivity contribution in [1.82, 2.24) is 15.1 Å². The van der Waals surface area contributed by atoms with Crippen LogP contribution in [0.4, 0.5) is 11.6 Å². The van der Waals surface area contributed by atoms with Crippen LogP contribution in [-0.2, 0) is 0 Å². The average molecular weight is 195 g/mol. The van der Waals surface area contributed by atoms with Gasteiger partial charge in [-0.25, -0.2) is 0 Å². The molecule has 0 bridgehead atoms. The number of nitrogens with zero attached hydrogens (tertiary/aromatic N) is 3. The van der Waals surface area contributed by atoms with Crippen molar-refractivity contribution in [3.05, 3.63) is 6.07 Å². The Morgan fingerprint density at radius 3 is 2.64 bits per heavy atom. The van der Waals surface area contributed by atoms with E-state index in [9.17, 15) is 0 Å². The van der Waals surface area contributed by atoms with E-state index in [1.54, 1.807) is 0 Å². The Bertz CT molecular complexity index is 287. The molecule has 1 aromatic heterocycles. The topological polar surface area (TPSA) is 47.2 Å². The molecule has 1 aliphatic rings. The molecule has 0 saturated carbocycles. The van der Waals surface area contributed by atoms with Crippen LogP contribution in [0.15, 0.2) is 6.07 Å². The molecule has 5 nitrogen and oxygen atoms in total. The summed E-state index contributed by atoms with van der Waals surface area (Å²) >= 11 is 0. The van der Waals surface area contributed by atoms with Crippen molar-refractivity contribution in [2.75, 3.05) is 50.5 Å². The Hall–Kier alpha value is -1.23. The van der Waals surface area contributed by atoms with E-state index in [1.165, 1.54) is 0 Å². The number of nitrogens with one attached hydrogen (secondary N) is 2. The molecule has 2 rings (SSSR count). The van der Waals surface area contributed by atoms with Gasteiger partial charge in [-0.3, -0.25) is 5.10 Å². The van der Waals surface area contributed by atoms with Crippen molar-refractivity contribution in [3.63, 3.8) is 0 Å². The molecule has 0 atom stereocenters. The fraction of sp³-hybridized carbons (Fsp3) is 0.667. The first kappa shape index (κ1) is 9.33. The van der Waals surface area contributed by atoms with Gasteiger partial charge in [-0.1, -0.05) is 0 Å². The standard InChI is InChI=1S/C9H17N5/c1-10-8-7-9(12-11-8)14-5-3-13(2)4-6-14/h7H,3-6H2,1-2H3,(H2,10,11,12). The van der Waals surface area contributed by atoms with Gasteiger partial charge in [-0.15, -0.1) is 0 Å². The summed E-state index contributed by atoms with van der Waals surface area (Å²) in [5, 5.41) is 10.2. The normalized spacial score (nSPS) is 18.6. The second-order valence-corrected chi connectivity index (χ2v) is 3.68. The van der Waals surface area contributed by atoms with E-state index in [0.29, 0.717) is 0 Å². The summed E-state index contributed by atoms with van der Waals surface area (Å²) in [6.45, 7) is 4.35. The molecule has 0 radical (unpaired) electrons. The molecule has 1 aliphatic heterocycles. The molecule has 14 heavy (non-hydrogen) atoms. The van der Waals surface area contributed by atoms with Crippen molar-refractivity contribution in [3.8, 4) is 0 Å². The number of H-pyrrole nitrogens is 1. The lowest BCUT2D eigenvalue weighted by Crippen LogP contribution is -2.44. The second-order valence-electron chi connectivity index (χ2n) is 3.68. The van der Waals surface area contributed by atoms with Crippen LogP contribution >= 0.6 is 0 Å². The first-order chi connectivity index (χ1) is 6.79. The Labute approximate surface area is 84.1 Å². The van der Waals surface area contributed by atoms with Gasteiger partial charge in [0.1, 0.15) is 5.82 Å². The molecule has 0 aliphatic carbocycles. The summed E-state index contributed by atoms with van der Waals surface area (Å²) in [5.41, 5.74) is 0. The van der Waals surface area contributed by atoms with Crippen LogP contribution in [0.5, 0.6) is 0 Å². The zero-order chi connectivity index (χ0) is 9.97. The van der Waals surface area contributed by atoms with E-state index in [-0.39, 0.29) is 0 Å². The van der Waals surface area contributed by atoms with E-state index in [4.69, 9.17) is 0 Å². The highest BCUT2D eigenvalue weighted by Crippen LogP contribution is 2.16. The van der Waals surface area contributed by atoms with Gasteiger partial charge in [0.15, 0.2) is 5.82 Å². The van der Waals surface area contributed by atoms with E-state index in [0.717, 1.165) is 37.8 Å². The lowest BCUT2D eigenvalue weighted by Gasteiger charge is -2.32. The van der Waals surface area contributed by atoms with E-state index in [2.05, 4.69) is 32.4 Å². The summed E-state index contributed by atoms with van der Waals surface area (Å²) in [5.74, 6) is 2.02. The number of hydrogen-bond acceptors (Lipinski definition) is 4. The Morgan fingerprint density at radius 2 is 2.07 bits per heavy atom. The van der Waals surface area contributed by atoms with Crippen LogP contribution in [0.3, 0.4) is 0 Å². The molecule has 5 heteroatoms. The first-order valence-corrected chi connectivity index (χ1v) is 4.96. The van der Waals surface area contributed by atoms with Crippen LogP contribution in [0, 0.1) is 0 Å². The van der Waals surface area contributed by atoms with Gasteiger partial charge in [-0.2, -0.15) is 5.10 Å². The van der Waals surface area contributed by atoms with Crippen LogP contribution < -0.4 is 10.2 Å². The maximum atomic E-state index is 4.26. The summed E-state index contributed by atoms with van der Waals surface area (Å²) in [4.78, 5) is 4.64. The summed E-state index contributed by atoms with van der Waals surface area (Å²) in [6.07, 6.45) is 0. The molecule has 0 aromatic carbocycles. The maximum Gasteiger partial charge on any atom is 0.152 e. The van der Waals surface area contributed by atoms with E-state index < -0.39 is 0 Å². The minimum absolute atomic E-state index is 0.971. The number of aromatic nitrogens is 2. The first-order valence-electron chi connectivity index (χ1n) is 4.96. The zero-order valence-corrected chi connectivity index (χ0v) is 8.75. The highest BCUT2D eigenvalue weighted by atomic mass is 15.3. The second kappa shape index (κ2) is 3.88. The lowest BCUT2D eigenvalue weighted by molar-refractivity contribution is 0.312. The van der Waals surface area contributed by atoms with Gasteiger partial charge >= 0.3 is 0 Å². The fourth-order valence-corrected chi connectivity index (χ4v) is 1.64. The Morgan fingerprint density at radius 1 is 1.36 bits per heavy atom. The average Bonchev–Trinajstić information content (AvgIpc) is 2.67. The highest BCUT2D eigenvalue weighted by Gasteiger charge is 2.16. The van der Waals surface area contributed by atoms with Crippen molar-refractivity contribution in [2.24, 2.45) is 0 Å². The third-order valence-corrected chi connectivity index (χ3v) is 2.66. The number of likely N-dealkylation sites (N-methyl/N-ethyl adjacent to an activating group) is 1. The van der Waals surface area contributed by atoms with Gasteiger partial charge in [-0.05, 0) is 7.05 Å². The van der Waals surface area contributed by atoms with E-state index in [1.807, 2.05) is 13.1 Å². The molecule has 1 fully saturated rings. The van der Waals surface area contributed by atoms with Crippen LogP contribution in [-0.4, -0.2) is 55.4 Å². The smallest absolute Gasteiger partial charge is 0.152 e.